The fraction of sp³-hybridized carbons (Fsp3) is 0.562. The Morgan fingerprint density at radius 3 is 2.57 bits per heavy atom. The maximum atomic E-state index is 5.31. The first-order valence-electron chi connectivity index (χ1n) is 7.58. The zero-order valence-electron chi connectivity index (χ0n) is 12.9. The second-order valence-electron chi connectivity index (χ2n) is 5.63. The SMILES string of the molecule is COc1ccc(NC(=S)NCCN2CCC(C)CC2)cc1. The van der Waals surface area contributed by atoms with Crippen molar-refractivity contribution in [2.45, 2.75) is 19.8 Å². The molecule has 1 heterocycles. The van der Waals surface area contributed by atoms with E-state index >= 15 is 0 Å². The van der Waals surface area contributed by atoms with E-state index in [0.717, 1.165) is 30.4 Å². The van der Waals surface area contributed by atoms with Crippen molar-refractivity contribution in [1.29, 1.82) is 0 Å². The summed E-state index contributed by atoms with van der Waals surface area (Å²) >= 11 is 5.31. The molecule has 1 aliphatic rings. The Hall–Kier alpha value is -1.33. The Balaban J connectivity index is 1.65. The number of hydrogen-bond donors (Lipinski definition) is 2. The van der Waals surface area contributed by atoms with Crippen molar-refractivity contribution < 1.29 is 4.74 Å². The first-order valence-corrected chi connectivity index (χ1v) is 7.99. The third kappa shape index (κ3) is 5.52. The number of methoxy groups -OCH3 is 1. The van der Waals surface area contributed by atoms with Gasteiger partial charge in [-0.15, -0.1) is 0 Å². The number of nitrogens with one attached hydrogen (secondary N) is 2. The molecule has 1 aromatic rings. The van der Waals surface area contributed by atoms with Gasteiger partial charge in [-0.1, -0.05) is 6.92 Å². The molecular weight excluding hydrogens is 282 g/mol. The van der Waals surface area contributed by atoms with Crippen LogP contribution in [-0.4, -0.2) is 43.3 Å². The van der Waals surface area contributed by atoms with Crippen molar-refractivity contribution in [3.05, 3.63) is 24.3 Å². The number of piperidine rings is 1. The summed E-state index contributed by atoms with van der Waals surface area (Å²) in [5.41, 5.74) is 0.972. The Kier molecular flexibility index (Phi) is 6.26. The highest BCUT2D eigenvalue weighted by atomic mass is 32.1. The summed E-state index contributed by atoms with van der Waals surface area (Å²) in [6.45, 7) is 6.69. The molecule has 0 amide bonds. The zero-order valence-corrected chi connectivity index (χ0v) is 13.7. The van der Waals surface area contributed by atoms with Crippen molar-refractivity contribution in [3.63, 3.8) is 0 Å². The van der Waals surface area contributed by atoms with Crippen molar-refractivity contribution in [2.24, 2.45) is 5.92 Å². The monoisotopic (exact) mass is 307 g/mol. The van der Waals surface area contributed by atoms with Crippen LogP contribution >= 0.6 is 12.2 Å². The Morgan fingerprint density at radius 2 is 1.95 bits per heavy atom. The van der Waals surface area contributed by atoms with Crippen molar-refractivity contribution >= 4 is 23.0 Å². The highest BCUT2D eigenvalue weighted by molar-refractivity contribution is 7.80. The van der Waals surface area contributed by atoms with E-state index in [-0.39, 0.29) is 0 Å². The van der Waals surface area contributed by atoms with Crippen LogP contribution in [0.15, 0.2) is 24.3 Å². The van der Waals surface area contributed by atoms with Gasteiger partial charge in [-0.25, -0.2) is 0 Å². The molecular formula is C16H25N3OS. The van der Waals surface area contributed by atoms with E-state index in [9.17, 15) is 0 Å². The number of rotatable bonds is 5. The zero-order chi connectivity index (χ0) is 15.1. The van der Waals surface area contributed by atoms with Crippen LogP contribution in [0, 0.1) is 5.92 Å². The van der Waals surface area contributed by atoms with Crippen LogP contribution in [0.4, 0.5) is 5.69 Å². The molecule has 1 fully saturated rings. The number of benzene rings is 1. The van der Waals surface area contributed by atoms with Gasteiger partial charge in [0, 0.05) is 18.8 Å². The van der Waals surface area contributed by atoms with E-state index in [1.54, 1.807) is 7.11 Å². The number of thiocarbonyl (C=S) groups is 1. The summed E-state index contributed by atoms with van der Waals surface area (Å²) < 4.78 is 5.13. The van der Waals surface area contributed by atoms with Crippen molar-refractivity contribution in [2.75, 3.05) is 38.6 Å². The van der Waals surface area contributed by atoms with Crippen molar-refractivity contribution in [1.82, 2.24) is 10.2 Å². The smallest absolute Gasteiger partial charge is 0.170 e. The van der Waals surface area contributed by atoms with Gasteiger partial charge in [-0.3, -0.25) is 0 Å². The average molecular weight is 307 g/mol. The fourth-order valence-corrected chi connectivity index (χ4v) is 2.68. The van der Waals surface area contributed by atoms with Crippen molar-refractivity contribution in [3.8, 4) is 5.75 Å². The molecule has 1 saturated heterocycles. The Morgan fingerprint density at radius 1 is 1.29 bits per heavy atom. The first-order chi connectivity index (χ1) is 10.2. The molecule has 2 rings (SSSR count). The molecule has 0 unspecified atom stereocenters. The fourth-order valence-electron chi connectivity index (χ4n) is 2.46. The number of anilines is 1. The number of hydrogen-bond acceptors (Lipinski definition) is 3. The van der Waals surface area contributed by atoms with Crippen LogP contribution in [0.25, 0.3) is 0 Å². The van der Waals surface area contributed by atoms with E-state index in [2.05, 4.69) is 22.5 Å². The maximum Gasteiger partial charge on any atom is 0.170 e. The molecule has 0 aliphatic carbocycles. The van der Waals surface area contributed by atoms with Gasteiger partial charge in [0.1, 0.15) is 5.75 Å². The van der Waals surface area contributed by atoms with Gasteiger partial charge in [0.25, 0.3) is 0 Å². The molecule has 1 aliphatic heterocycles. The summed E-state index contributed by atoms with van der Waals surface area (Å²) in [5.74, 6) is 1.73. The van der Waals surface area contributed by atoms with Crippen LogP contribution in [0.3, 0.4) is 0 Å². The van der Waals surface area contributed by atoms with Gasteiger partial charge in [-0.2, -0.15) is 0 Å². The predicted octanol–water partition coefficient (Wildman–Crippen LogP) is 2.71. The lowest BCUT2D eigenvalue weighted by molar-refractivity contribution is 0.195. The topological polar surface area (TPSA) is 36.5 Å². The van der Waals surface area contributed by atoms with Crippen LogP contribution in [0.5, 0.6) is 5.75 Å². The van der Waals surface area contributed by atoms with Gasteiger partial charge in [-0.05, 0) is 68.3 Å². The average Bonchev–Trinajstić information content (AvgIpc) is 2.50. The standard InChI is InChI=1S/C16H25N3OS/c1-13-7-10-19(11-8-13)12-9-17-16(21)18-14-3-5-15(20-2)6-4-14/h3-6,13H,7-12H2,1-2H3,(H2,17,18,21). The normalized spacial score (nSPS) is 16.5. The van der Waals surface area contributed by atoms with E-state index in [1.807, 2.05) is 24.3 Å². The molecule has 0 atom stereocenters. The molecule has 5 heteroatoms. The molecule has 116 valence electrons. The molecule has 0 aromatic heterocycles. The van der Waals surface area contributed by atoms with E-state index in [1.165, 1.54) is 25.9 Å². The Labute approximate surface area is 132 Å². The number of likely N-dealkylation sites (tertiary alicyclic amines) is 1. The molecule has 0 radical (unpaired) electrons. The summed E-state index contributed by atoms with van der Waals surface area (Å²) in [5, 5.41) is 7.12. The van der Waals surface area contributed by atoms with E-state index in [4.69, 9.17) is 17.0 Å². The second kappa shape index (κ2) is 8.20. The number of nitrogens with zero attached hydrogens (tertiary/aromatic N) is 1. The lowest BCUT2D eigenvalue weighted by atomic mass is 9.99. The van der Waals surface area contributed by atoms with Gasteiger partial charge in [0.05, 0.1) is 7.11 Å². The van der Waals surface area contributed by atoms with Crippen LogP contribution in [-0.2, 0) is 0 Å². The van der Waals surface area contributed by atoms with Gasteiger partial charge in [0.2, 0.25) is 0 Å². The molecule has 0 spiro atoms. The number of ether oxygens (including phenoxy) is 1. The minimum absolute atomic E-state index is 0.672. The lowest BCUT2D eigenvalue weighted by Gasteiger charge is -2.30. The molecule has 2 N–H and O–H groups in total. The molecule has 1 aromatic carbocycles. The summed E-state index contributed by atoms with van der Waals surface area (Å²) in [4.78, 5) is 2.50. The molecule has 21 heavy (non-hydrogen) atoms. The summed E-state index contributed by atoms with van der Waals surface area (Å²) in [7, 11) is 1.66. The second-order valence-corrected chi connectivity index (χ2v) is 6.04. The summed E-state index contributed by atoms with van der Waals surface area (Å²) in [6.07, 6.45) is 2.63. The van der Waals surface area contributed by atoms with Gasteiger partial charge in [0.15, 0.2) is 5.11 Å². The first kappa shape index (κ1) is 16.0. The minimum atomic E-state index is 0.672. The minimum Gasteiger partial charge on any atom is -0.497 e. The quantitative estimate of drug-likeness (QED) is 0.818. The van der Waals surface area contributed by atoms with Gasteiger partial charge < -0.3 is 20.3 Å². The lowest BCUT2D eigenvalue weighted by Crippen LogP contribution is -2.40. The molecule has 4 nitrogen and oxygen atoms in total. The highest BCUT2D eigenvalue weighted by Crippen LogP contribution is 2.16. The third-order valence-electron chi connectivity index (χ3n) is 3.94. The molecule has 0 saturated carbocycles. The van der Waals surface area contributed by atoms with Crippen LogP contribution < -0.4 is 15.4 Å². The highest BCUT2D eigenvalue weighted by Gasteiger charge is 2.14. The third-order valence-corrected chi connectivity index (χ3v) is 4.18. The molecule has 0 bridgehead atoms. The summed E-state index contributed by atoms with van der Waals surface area (Å²) in [6, 6.07) is 7.75. The van der Waals surface area contributed by atoms with E-state index < -0.39 is 0 Å². The van der Waals surface area contributed by atoms with E-state index in [0.29, 0.717) is 5.11 Å². The van der Waals surface area contributed by atoms with Crippen LogP contribution in [0.2, 0.25) is 0 Å². The largest absolute Gasteiger partial charge is 0.497 e. The van der Waals surface area contributed by atoms with Crippen LogP contribution in [0.1, 0.15) is 19.8 Å². The van der Waals surface area contributed by atoms with Gasteiger partial charge >= 0.3 is 0 Å². The predicted molar refractivity (Wildman–Crippen MR) is 92.1 cm³/mol. The maximum absolute atomic E-state index is 5.31. The Bertz CT molecular complexity index is 441.